The van der Waals surface area contributed by atoms with Gasteiger partial charge in [0.25, 0.3) is 0 Å². The number of benzene rings is 2. The predicted octanol–water partition coefficient (Wildman–Crippen LogP) is 3.98. The van der Waals surface area contributed by atoms with Crippen molar-refractivity contribution in [3.8, 4) is 17.1 Å². The SMILES string of the molecule is Cc1nc(-c2ccccc2)n(Cc2nn(-c3ccccc3)c3c2CCC3)n1. The Labute approximate surface area is 158 Å². The molecule has 0 saturated heterocycles. The van der Waals surface area contributed by atoms with Crippen molar-refractivity contribution in [2.24, 2.45) is 0 Å². The molecule has 4 aromatic rings. The molecule has 5 rings (SSSR count). The third kappa shape index (κ3) is 2.85. The molecule has 0 atom stereocenters. The normalized spacial score (nSPS) is 13.1. The van der Waals surface area contributed by atoms with Crippen molar-refractivity contribution in [2.75, 3.05) is 0 Å². The molecule has 0 saturated carbocycles. The summed E-state index contributed by atoms with van der Waals surface area (Å²) in [7, 11) is 0. The van der Waals surface area contributed by atoms with Crippen molar-refractivity contribution in [2.45, 2.75) is 32.7 Å². The molecule has 0 fully saturated rings. The molecule has 0 bridgehead atoms. The summed E-state index contributed by atoms with van der Waals surface area (Å²) in [6, 6.07) is 20.6. The van der Waals surface area contributed by atoms with E-state index in [4.69, 9.17) is 5.10 Å². The average molecular weight is 355 g/mol. The maximum Gasteiger partial charge on any atom is 0.158 e. The zero-order chi connectivity index (χ0) is 18.2. The molecule has 0 amide bonds. The first kappa shape index (κ1) is 16.0. The first-order chi connectivity index (χ1) is 13.3. The van der Waals surface area contributed by atoms with E-state index in [1.165, 1.54) is 17.7 Å². The van der Waals surface area contributed by atoms with Crippen LogP contribution in [0, 0.1) is 6.92 Å². The summed E-state index contributed by atoms with van der Waals surface area (Å²) in [6.45, 7) is 2.59. The second-order valence-electron chi connectivity index (χ2n) is 6.98. The van der Waals surface area contributed by atoms with Crippen LogP contribution in [0.3, 0.4) is 0 Å². The third-order valence-electron chi connectivity index (χ3n) is 5.12. The van der Waals surface area contributed by atoms with Gasteiger partial charge >= 0.3 is 0 Å². The van der Waals surface area contributed by atoms with Crippen molar-refractivity contribution in [1.82, 2.24) is 24.5 Å². The van der Waals surface area contributed by atoms with E-state index in [1.807, 2.05) is 35.9 Å². The summed E-state index contributed by atoms with van der Waals surface area (Å²) in [5.41, 5.74) is 6.03. The van der Waals surface area contributed by atoms with Gasteiger partial charge in [0.1, 0.15) is 5.82 Å². The van der Waals surface area contributed by atoms with Gasteiger partial charge < -0.3 is 0 Å². The molecule has 0 radical (unpaired) electrons. The third-order valence-corrected chi connectivity index (χ3v) is 5.12. The van der Waals surface area contributed by atoms with Gasteiger partial charge in [0.15, 0.2) is 5.82 Å². The lowest BCUT2D eigenvalue weighted by atomic mass is 10.2. The lowest BCUT2D eigenvalue weighted by molar-refractivity contribution is 0.652. The fraction of sp³-hybridized carbons (Fsp3) is 0.227. The molecule has 0 aliphatic heterocycles. The molecule has 134 valence electrons. The number of aromatic nitrogens is 5. The molecule has 2 aromatic carbocycles. The molecular weight excluding hydrogens is 334 g/mol. The van der Waals surface area contributed by atoms with Crippen LogP contribution >= 0.6 is 0 Å². The lowest BCUT2D eigenvalue weighted by Crippen LogP contribution is -2.07. The maximum absolute atomic E-state index is 4.97. The number of rotatable bonds is 4. The molecule has 27 heavy (non-hydrogen) atoms. The maximum atomic E-state index is 4.97. The summed E-state index contributed by atoms with van der Waals surface area (Å²) in [5, 5.41) is 9.62. The minimum absolute atomic E-state index is 0.646. The van der Waals surface area contributed by atoms with E-state index < -0.39 is 0 Å². The molecule has 5 nitrogen and oxygen atoms in total. The molecule has 2 aromatic heterocycles. The van der Waals surface area contributed by atoms with Gasteiger partial charge in [-0.2, -0.15) is 10.2 Å². The summed E-state index contributed by atoms with van der Waals surface area (Å²) >= 11 is 0. The minimum atomic E-state index is 0.646. The lowest BCUT2D eigenvalue weighted by Gasteiger charge is -2.06. The number of para-hydroxylation sites is 1. The fourth-order valence-corrected chi connectivity index (χ4v) is 3.93. The molecule has 2 heterocycles. The zero-order valence-electron chi connectivity index (χ0n) is 15.3. The Balaban J connectivity index is 1.57. The van der Waals surface area contributed by atoms with E-state index in [9.17, 15) is 0 Å². The number of hydrogen-bond acceptors (Lipinski definition) is 3. The zero-order valence-corrected chi connectivity index (χ0v) is 15.3. The fourth-order valence-electron chi connectivity index (χ4n) is 3.93. The second kappa shape index (κ2) is 6.50. The molecule has 0 N–H and O–H groups in total. The number of hydrogen-bond donors (Lipinski definition) is 0. The molecule has 0 unspecified atom stereocenters. The van der Waals surface area contributed by atoms with Gasteiger partial charge in [-0.15, -0.1) is 0 Å². The second-order valence-corrected chi connectivity index (χ2v) is 6.98. The van der Waals surface area contributed by atoms with Crippen LogP contribution in [-0.4, -0.2) is 24.5 Å². The van der Waals surface area contributed by atoms with Crippen LogP contribution in [0.2, 0.25) is 0 Å². The van der Waals surface area contributed by atoms with Gasteiger partial charge in [-0.25, -0.2) is 14.3 Å². The van der Waals surface area contributed by atoms with Crippen LogP contribution in [0.15, 0.2) is 60.7 Å². The molecule has 5 heteroatoms. The topological polar surface area (TPSA) is 48.5 Å². The van der Waals surface area contributed by atoms with Crippen LogP contribution in [0.25, 0.3) is 17.1 Å². The Kier molecular flexibility index (Phi) is 3.85. The van der Waals surface area contributed by atoms with Crippen LogP contribution in [0.1, 0.15) is 29.2 Å². The largest absolute Gasteiger partial charge is 0.239 e. The molecule has 1 aliphatic carbocycles. The Morgan fingerprint density at radius 3 is 2.41 bits per heavy atom. The van der Waals surface area contributed by atoms with Crippen molar-refractivity contribution >= 4 is 0 Å². The van der Waals surface area contributed by atoms with Crippen LogP contribution in [-0.2, 0) is 19.4 Å². The first-order valence-corrected chi connectivity index (χ1v) is 9.41. The van der Waals surface area contributed by atoms with E-state index in [1.54, 1.807) is 0 Å². The van der Waals surface area contributed by atoms with Gasteiger partial charge in [-0.05, 0) is 43.9 Å². The van der Waals surface area contributed by atoms with Crippen molar-refractivity contribution in [3.05, 3.63) is 83.4 Å². The number of nitrogens with zero attached hydrogens (tertiary/aromatic N) is 5. The average Bonchev–Trinajstić information content (AvgIpc) is 3.40. The smallest absolute Gasteiger partial charge is 0.158 e. The predicted molar refractivity (Wildman–Crippen MR) is 105 cm³/mol. The Hall–Kier alpha value is -3.21. The monoisotopic (exact) mass is 355 g/mol. The van der Waals surface area contributed by atoms with Crippen molar-refractivity contribution < 1.29 is 0 Å². The van der Waals surface area contributed by atoms with Crippen molar-refractivity contribution in [3.63, 3.8) is 0 Å². The summed E-state index contributed by atoms with van der Waals surface area (Å²) < 4.78 is 4.10. The molecule has 0 spiro atoms. The van der Waals surface area contributed by atoms with Crippen LogP contribution in [0.5, 0.6) is 0 Å². The highest BCUT2D eigenvalue weighted by molar-refractivity contribution is 5.55. The Morgan fingerprint density at radius 2 is 1.63 bits per heavy atom. The van der Waals surface area contributed by atoms with Crippen molar-refractivity contribution in [1.29, 1.82) is 0 Å². The first-order valence-electron chi connectivity index (χ1n) is 9.41. The van der Waals surface area contributed by atoms with Gasteiger partial charge in [-0.1, -0.05) is 48.5 Å². The van der Waals surface area contributed by atoms with E-state index in [0.717, 1.165) is 41.4 Å². The van der Waals surface area contributed by atoms with Gasteiger partial charge in [0.2, 0.25) is 0 Å². The van der Waals surface area contributed by atoms with Gasteiger partial charge in [-0.3, -0.25) is 0 Å². The summed E-state index contributed by atoms with van der Waals surface area (Å²) in [4.78, 5) is 4.65. The van der Waals surface area contributed by atoms with Gasteiger partial charge in [0, 0.05) is 11.3 Å². The van der Waals surface area contributed by atoms with Crippen LogP contribution in [0.4, 0.5) is 0 Å². The summed E-state index contributed by atoms with van der Waals surface area (Å²) in [6.07, 6.45) is 3.36. The number of fused-ring (bicyclic) bond motifs is 1. The van der Waals surface area contributed by atoms with E-state index in [2.05, 4.69) is 51.2 Å². The summed E-state index contributed by atoms with van der Waals surface area (Å²) in [5.74, 6) is 1.68. The van der Waals surface area contributed by atoms with E-state index >= 15 is 0 Å². The molecule has 1 aliphatic rings. The highest BCUT2D eigenvalue weighted by Crippen LogP contribution is 2.29. The highest BCUT2D eigenvalue weighted by atomic mass is 15.4. The molecular formula is C22H21N5. The van der Waals surface area contributed by atoms with E-state index in [0.29, 0.717) is 6.54 Å². The highest BCUT2D eigenvalue weighted by Gasteiger charge is 2.24. The van der Waals surface area contributed by atoms with Gasteiger partial charge in [0.05, 0.1) is 17.9 Å². The number of aryl methyl sites for hydroxylation is 1. The Morgan fingerprint density at radius 1 is 0.889 bits per heavy atom. The minimum Gasteiger partial charge on any atom is -0.239 e. The quantitative estimate of drug-likeness (QED) is 0.556. The van der Waals surface area contributed by atoms with E-state index in [-0.39, 0.29) is 0 Å². The standard InChI is InChI=1S/C22H21N5/c1-16-23-22(17-9-4-2-5-10-17)26(24-16)15-20-19-13-8-14-21(19)27(25-20)18-11-6-3-7-12-18/h2-7,9-12H,8,13-15H2,1H3. The van der Waals surface area contributed by atoms with Crippen LogP contribution < -0.4 is 0 Å². The Bertz CT molecular complexity index is 1080.